The molecule has 0 radical (unpaired) electrons. The van der Waals surface area contributed by atoms with Gasteiger partial charge in [0.1, 0.15) is 0 Å². The van der Waals surface area contributed by atoms with Crippen molar-refractivity contribution in [2.24, 2.45) is 5.92 Å². The van der Waals surface area contributed by atoms with Crippen LogP contribution in [0.4, 0.5) is 0 Å². The number of fused-ring (bicyclic) bond motifs is 1. The van der Waals surface area contributed by atoms with Crippen LogP contribution >= 0.6 is 24.8 Å². The molecule has 0 saturated heterocycles. The van der Waals surface area contributed by atoms with Crippen molar-refractivity contribution in [2.75, 3.05) is 0 Å². The predicted octanol–water partition coefficient (Wildman–Crippen LogP) is 8.48. The van der Waals surface area contributed by atoms with Gasteiger partial charge in [0.05, 0.1) is 12.5 Å². The SMILES string of the molecule is CC1=[C-]C(C)C(C)=C1C.C[Si](C)=[Zr+2].Cc1[cH-]c2ccccc2c1-c1ccoc1.Cl.Cl. The largest absolute Gasteiger partial charge is 0.473 e. The Hall–Kier alpha value is -0.730. The molecule has 3 aromatic rings. The van der Waals surface area contributed by atoms with Gasteiger partial charge in [0.15, 0.2) is 0 Å². The molecule has 4 rings (SSSR count). The second-order valence-corrected chi connectivity index (χ2v) is 17.0. The van der Waals surface area contributed by atoms with Crippen LogP contribution in [0, 0.1) is 18.9 Å². The molecule has 0 amide bonds. The molecule has 1 nitrogen and oxygen atoms in total. The van der Waals surface area contributed by atoms with Crippen LogP contribution in [0.5, 0.6) is 0 Å². The zero-order valence-electron chi connectivity index (χ0n) is 18.9. The molecule has 2 aromatic carbocycles. The summed E-state index contributed by atoms with van der Waals surface area (Å²) < 4.78 is 5.14. The van der Waals surface area contributed by atoms with Crippen LogP contribution < -0.4 is 0 Å². The van der Waals surface area contributed by atoms with Gasteiger partial charge in [-0.2, -0.15) is 11.1 Å². The molecular formula is C25H32Cl2OSiZr. The van der Waals surface area contributed by atoms with Crippen molar-refractivity contribution < 1.29 is 27.8 Å². The molecule has 1 atom stereocenters. The first-order chi connectivity index (χ1) is 13.2. The first-order valence-electron chi connectivity index (χ1n) is 9.69. The van der Waals surface area contributed by atoms with E-state index in [2.05, 4.69) is 84.1 Å². The van der Waals surface area contributed by atoms with Gasteiger partial charge in [0.2, 0.25) is 0 Å². The smallest absolute Gasteiger partial charge is 0.0900 e. The minimum atomic E-state index is 0. The van der Waals surface area contributed by atoms with Crippen molar-refractivity contribution in [3.05, 3.63) is 77.3 Å². The van der Waals surface area contributed by atoms with Gasteiger partial charge in [-0.05, 0) is 11.6 Å². The third-order valence-electron chi connectivity index (χ3n) is 5.04. The van der Waals surface area contributed by atoms with Gasteiger partial charge in [-0.3, -0.25) is 6.08 Å². The van der Waals surface area contributed by atoms with Gasteiger partial charge in [0.25, 0.3) is 0 Å². The van der Waals surface area contributed by atoms with Crippen molar-refractivity contribution in [2.45, 2.75) is 47.7 Å². The topological polar surface area (TPSA) is 13.1 Å². The van der Waals surface area contributed by atoms with Crippen LogP contribution in [0.15, 0.2) is 70.1 Å². The second kappa shape index (κ2) is 13.6. The van der Waals surface area contributed by atoms with Crippen LogP contribution in [-0.2, 0) is 23.3 Å². The summed E-state index contributed by atoms with van der Waals surface area (Å²) in [5.41, 5.74) is 8.21. The average molecular weight is 539 g/mol. The Morgan fingerprint density at radius 2 is 1.63 bits per heavy atom. The molecule has 0 aliphatic heterocycles. The summed E-state index contributed by atoms with van der Waals surface area (Å²) in [6.07, 6.45) is 6.88. The van der Waals surface area contributed by atoms with Gasteiger partial charge in [-0.15, -0.1) is 77.9 Å². The van der Waals surface area contributed by atoms with Crippen molar-refractivity contribution in [3.63, 3.8) is 0 Å². The zero-order valence-corrected chi connectivity index (χ0v) is 24.0. The number of hydrogen-bond donors (Lipinski definition) is 0. The molecule has 1 unspecified atom stereocenters. The van der Waals surface area contributed by atoms with E-state index < -0.39 is 0 Å². The number of allylic oxidation sites excluding steroid dienone is 4. The molecule has 0 spiro atoms. The fraction of sp³-hybridized carbons (Fsp3) is 0.320. The summed E-state index contributed by atoms with van der Waals surface area (Å²) in [6, 6.07) is 12.7. The van der Waals surface area contributed by atoms with Crippen LogP contribution in [-0.4, -0.2) is 5.43 Å². The summed E-state index contributed by atoms with van der Waals surface area (Å²) in [4.78, 5) is 0. The van der Waals surface area contributed by atoms with E-state index in [1.165, 1.54) is 38.6 Å². The monoisotopic (exact) mass is 536 g/mol. The summed E-state index contributed by atoms with van der Waals surface area (Å²) in [6.45, 7) is 15.4. The standard InChI is InChI=1S/C14H11O.C9H13.C2H6Si.2ClH.Zr/c1-10-8-11-4-2-3-5-13(11)14(10)12-6-7-15-9-12;1-6-5-7(2)9(4)8(6)3;1-3-2;;;/h2-9H,1H3;6H,1-4H3;1-2H3;2*1H;/q2*-1;;;;+2. The molecule has 30 heavy (non-hydrogen) atoms. The number of aryl methyl sites for hydroxylation is 1. The van der Waals surface area contributed by atoms with Gasteiger partial charge >= 0.3 is 41.9 Å². The second-order valence-electron chi connectivity index (χ2n) is 7.60. The third-order valence-corrected chi connectivity index (χ3v) is 5.04. The van der Waals surface area contributed by atoms with Gasteiger partial charge < -0.3 is 4.42 Å². The van der Waals surface area contributed by atoms with Crippen molar-refractivity contribution in [3.8, 4) is 11.1 Å². The van der Waals surface area contributed by atoms with Crippen LogP contribution in [0.1, 0.15) is 33.3 Å². The Morgan fingerprint density at radius 3 is 2.07 bits per heavy atom. The average Bonchev–Trinajstić information content (AvgIpc) is 3.31. The Balaban J connectivity index is 0.000000486. The fourth-order valence-electron chi connectivity index (χ4n) is 3.32. The number of hydrogen-bond acceptors (Lipinski definition) is 1. The molecule has 1 aliphatic carbocycles. The van der Waals surface area contributed by atoms with E-state index in [-0.39, 0.29) is 30.2 Å². The normalized spacial score (nSPS) is 14.6. The molecule has 1 aromatic heterocycles. The Bertz CT molecular complexity index is 1010. The van der Waals surface area contributed by atoms with E-state index in [1.807, 2.05) is 6.07 Å². The van der Waals surface area contributed by atoms with E-state index in [9.17, 15) is 0 Å². The van der Waals surface area contributed by atoms with Gasteiger partial charge in [0, 0.05) is 0 Å². The third kappa shape index (κ3) is 7.75. The van der Waals surface area contributed by atoms with E-state index in [0.29, 0.717) is 5.92 Å². The van der Waals surface area contributed by atoms with E-state index in [1.54, 1.807) is 35.9 Å². The van der Waals surface area contributed by atoms with E-state index in [4.69, 9.17) is 4.42 Å². The summed E-state index contributed by atoms with van der Waals surface area (Å²) in [7, 11) is 0. The number of furan rings is 1. The van der Waals surface area contributed by atoms with E-state index in [0.717, 1.165) is 5.56 Å². The van der Waals surface area contributed by atoms with Crippen LogP contribution in [0.3, 0.4) is 0 Å². The number of halogens is 2. The number of rotatable bonds is 1. The molecule has 0 N–H and O–H groups in total. The van der Waals surface area contributed by atoms with Crippen molar-refractivity contribution >= 4 is 41.0 Å². The zero-order chi connectivity index (χ0) is 20.8. The Labute approximate surface area is 209 Å². The summed E-state index contributed by atoms with van der Waals surface area (Å²) >= 11 is 1.74. The predicted molar refractivity (Wildman–Crippen MR) is 134 cm³/mol. The molecule has 1 aliphatic rings. The Kier molecular flexibility index (Phi) is 13.3. The van der Waals surface area contributed by atoms with E-state index >= 15 is 0 Å². The molecule has 0 saturated carbocycles. The molecule has 1 heterocycles. The molecule has 0 bridgehead atoms. The Morgan fingerprint density at radius 1 is 1.03 bits per heavy atom. The maximum absolute atomic E-state index is 5.14. The quantitative estimate of drug-likeness (QED) is 0.224. The molecule has 5 heteroatoms. The molecule has 160 valence electrons. The molecular weight excluding hydrogens is 506 g/mol. The summed E-state index contributed by atoms with van der Waals surface area (Å²) in [5, 5.41) is 2.60. The van der Waals surface area contributed by atoms with Crippen molar-refractivity contribution in [1.82, 2.24) is 0 Å². The minimum absolute atomic E-state index is 0. The summed E-state index contributed by atoms with van der Waals surface area (Å²) in [5.74, 6) is 0.560. The minimum Gasteiger partial charge on any atom is -0.473 e. The maximum atomic E-state index is 5.14. The number of benzene rings is 1. The fourth-order valence-corrected chi connectivity index (χ4v) is 3.32. The van der Waals surface area contributed by atoms with Gasteiger partial charge in [-0.1, -0.05) is 39.7 Å². The molecule has 0 fully saturated rings. The first kappa shape index (κ1) is 29.3. The first-order valence-corrected chi connectivity index (χ1v) is 15.9. The maximum Gasteiger partial charge on any atom is 0.0900 e. The van der Waals surface area contributed by atoms with Crippen LogP contribution in [0.25, 0.3) is 21.9 Å². The van der Waals surface area contributed by atoms with Gasteiger partial charge in [-0.25, -0.2) is 5.57 Å². The van der Waals surface area contributed by atoms with Crippen molar-refractivity contribution in [1.29, 1.82) is 0 Å². The van der Waals surface area contributed by atoms with Crippen LogP contribution in [0.2, 0.25) is 13.1 Å².